The summed E-state index contributed by atoms with van der Waals surface area (Å²) in [5.74, 6) is 1.44. The molecule has 2 aliphatic rings. The molecular weight excluding hydrogens is 568 g/mol. The van der Waals surface area contributed by atoms with Crippen LogP contribution >= 0.6 is 0 Å². The van der Waals surface area contributed by atoms with Crippen molar-refractivity contribution in [1.29, 1.82) is 0 Å². The van der Waals surface area contributed by atoms with Crippen LogP contribution in [0.25, 0.3) is 22.3 Å². The average Bonchev–Trinajstić information content (AvgIpc) is 3.45. The number of likely N-dealkylation sites (tertiary alicyclic amines) is 1. The predicted molar refractivity (Wildman–Crippen MR) is 171 cm³/mol. The van der Waals surface area contributed by atoms with Gasteiger partial charge in [-0.2, -0.15) is 5.10 Å². The molecule has 2 aromatic heterocycles. The van der Waals surface area contributed by atoms with E-state index in [1.165, 1.54) is 6.33 Å². The third kappa shape index (κ3) is 6.20. The van der Waals surface area contributed by atoms with E-state index in [9.17, 15) is 9.59 Å². The number of nitrogens with zero attached hydrogens (tertiary/aromatic N) is 5. The third-order valence-corrected chi connectivity index (χ3v) is 8.44. The summed E-state index contributed by atoms with van der Waals surface area (Å²) in [7, 11) is 0. The van der Waals surface area contributed by atoms with Gasteiger partial charge < -0.3 is 15.8 Å². The summed E-state index contributed by atoms with van der Waals surface area (Å²) < 4.78 is 8.00. The number of carbonyl (C=O) groups excluding carboxylic acids is 2. The van der Waals surface area contributed by atoms with Crippen LogP contribution in [0.4, 0.5) is 11.5 Å². The van der Waals surface area contributed by atoms with Gasteiger partial charge in [-0.15, -0.1) is 0 Å². The Bertz CT molecular complexity index is 1830. The number of imide groups is 1. The molecule has 0 radical (unpaired) electrons. The molecular formula is C34H34N8O3. The average molecular weight is 603 g/mol. The third-order valence-electron chi connectivity index (χ3n) is 8.44. The van der Waals surface area contributed by atoms with Crippen molar-refractivity contribution < 1.29 is 14.3 Å². The van der Waals surface area contributed by atoms with Gasteiger partial charge in [-0.1, -0.05) is 30.3 Å². The molecule has 2 amide bonds. The lowest BCUT2D eigenvalue weighted by molar-refractivity contribution is -0.133. The maximum Gasteiger partial charge on any atom is 0.249 e. The van der Waals surface area contributed by atoms with Crippen molar-refractivity contribution in [3.63, 3.8) is 0 Å². The van der Waals surface area contributed by atoms with E-state index in [0.717, 1.165) is 77.5 Å². The Morgan fingerprint density at radius 2 is 1.69 bits per heavy atom. The molecule has 0 saturated carbocycles. The van der Waals surface area contributed by atoms with E-state index in [-0.39, 0.29) is 17.9 Å². The minimum absolute atomic E-state index is 0.174. The van der Waals surface area contributed by atoms with Crippen molar-refractivity contribution in [1.82, 2.24) is 30.0 Å². The van der Waals surface area contributed by atoms with Gasteiger partial charge in [0.2, 0.25) is 11.8 Å². The number of ether oxygens (including phenoxy) is 1. The molecule has 45 heavy (non-hydrogen) atoms. The Labute approximate surface area is 260 Å². The first-order valence-electron chi connectivity index (χ1n) is 15.2. The topological polar surface area (TPSA) is 140 Å². The number of benzene rings is 3. The number of fused-ring (bicyclic) bond motifs is 1. The fraction of sp³-hybridized carbons (Fsp3) is 0.265. The minimum atomic E-state index is -0.402. The number of hydrogen-bond acceptors (Lipinski definition) is 9. The Balaban J connectivity index is 1.03. The molecule has 1 atom stereocenters. The largest absolute Gasteiger partial charge is 0.457 e. The zero-order valence-electron chi connectivity index (χ0n) is 24.7. The number of hydrogen-bond donors (Lipinski definition) is 3. The van der Waals surface area contributed by atoms with E-state index >= 15 is 0 Å². The van der Waals surface area contributed by atoms with Gasteiger partial charge in [0, 0.05) is 37.3 Å². The number of nitrogen functional groups attached to an aromatic ring is 1. The normalized spacial score (nSPS) is 17.7. The number of nitrogens with one attached hydrogen (secondary N) is 2. The molecule has 0 spiro atoms. The SMILES string of the molecule is Nc1ncnc2c1c(-c1ccc(Oc3ccccc3)cc1)nn2C1CCN(Cc2cccc(NC3CCC(=O)NC3=O)c2)CC1. The van der Waals surface area contributed by atoms with Crippen molar-refractivity contribution in [3.8, 4) is 22.8 Å². The maximum atomic E-state index is 12.2. The van der Waals surface area contributed by atoms with E-state index in [0.29, 0.717) is 18.7 Å². The van der Waals surface area contributed by atoms with Crippen molar-refractivity contribution >= 4 is 34.4 Å². The molecule has 7 rings (SSSR count). The van der Waals surface area contributed by atoms with Gasteiger partial charge in [0.05, 0.1) is 11.4 Å². The van der Waals surface area contributed by atoms with Gasteiger partial charge in [-0.3, -0.25) is 19.8 Å². The van der Waals surface area contributed by atoms with Gasteiger partial charge in [0.15, 0.2) is 5.65 Å². The molecule has 11 heteroatoms. The van der Waals surface area contributed by atoms with Crippen molar-refractivity contribution in [2.24, 2.45) is 0 Å². The maximum absolute atomic E-state index is 12.2. The molecule has 11 nitrogen and oxygen atoms in total. The van der Waals surface area contributed by atoms with Crippen LogP contribution in [-0.4, -0.2) is 55.6 Å². The molecule has 0 bridgehead atoms. The number of para-hydroxylation sites is 1. The van der Waals surface area contributed by atoms with E-state index in [2.05, 4.69) is 37.6 Å². The Morgan fingerprint density at radius 1 is 0.911 bits per heavy atom. The number of nitrogens with two attached hydrogens (primary N) is 1. The van der Waals surface area contributed by atoms with E-state index < -0.39 is 6.04 Å². The quantitative estimate of drug-likeness (QED) is 0.211. The predicted octanol–water partition coefficient (Wildman–Crippen LogP) is 4.92. The first-order chi connectivity index (χ1) is 22.0. The molecule has 4 heterocycles. The highest BCUT2D eigenvalue weighted by molar-refractivity contribution is 6.01. The van der Waals surface area contributed by atoms with Crippen molar-refractivity contribution in [2.45, 2.75) is 44.3 Å². The second-order valence-corrected chi connectivity index (χ2v) is 11.5. The molecule has 2 fully saturated rings. The van der Waals surface area contributed by atoms with Crippen LogP contribution in [0.5, 0.6) is 11.5 Å². The van der Waals surface area contributed by atoms with Gasteiger partial charge in [-0.05, 0) is 73.4 Å². The summed E-state index contributed by atoms with van der Waals surface area (Å²) in [6.45, 7) is 2.60. The monoisotopic (exact) mass is 602 g/mol. The van der Waals surface area contributed by atoms with Crippen LogP contribution in [0.1, 0.15) is 37.3 Å². The molecule has 3 aromatic carbocycles. The number of aromatic nitrogens is 4. The fourth-order valence-corrected chi connectivity index (χ4v) is 6.13. The van der Waals surface area contributed by atoms with Crippen molar-refractivity contribution in [3.05, 3.63) is 90.8 Å². The summed E-state index contributed by atoms with van der Waals surface area (Å²) in [6, 6.07) is 25.4. The second-order valence-electron chi connectivity index (χ2n) is 11.5. The number of piperidine rings is 2. The first kappa shape index (κ1) is 28.5. The molecule has 5 aromatic rings. The smallest absolute Gasteiger partial charge is 0.249 e. The highest BCUT2D eigenvalue weighted by Crippen LogP contribution is 2.35. The van der Waals surface area contributed by atoms with Crippen LogP contribution in [-0.2, 0) is 16.1 Å². The lowest BCUT2D eigenvalue weighted by atomic mass is 10.0. The highest BCUT2D eigenvalue weighted by Gasteiger charge is 2.28. The molecule has 1 unspecified atom stereocenters. The number of anilines is 2. The standard InChI is InChI=1S/C34H34N8O3/c35-32-30-31(23-9-11-27(12-10-23)45-26-7-2-1-3-8-26)40-42(33(30)37-21-36-32)25-15-17-41(18-16-25)20-22-5-4-6-24(19-22)38-28-13-14-29(43)39-34(28)44/h1-12,19,21,25,28,38H,13-18,20H2,(H2,35,36,37)(H,39,43,44). The van der Waals surface area contributed by atoms with Crippen LogP contribution in [0.15, 0.2) is 85.2 Å². The Kier molecular flexibility index (Phi) is 7.83. The highest BCUT2D eigenvalue weighted by atomic mass is 16.5. The molecule has 4 N–H and O–H groups in total. The minimum Gasteiger partial charge on any atom is -0.457 e. The number of rotatable bonds is 8. The fourth-order valence-electron chi connectivity index (χ4n) is 6.13. The Morgan fingerprint density at radius 3 is 2.47 bits per heavy atom. The zero-order valence-corrected chi connectivity index (χ0v) is 24.7. The zero-order chi connectivity index (χ0) is 30.8. The van der Waals surface area contributed by atoms with Crippen LogP contribution in [0, 0.1) is 0 Å². The molecule has 2 aliphatic heterocycles. The van der Waals surface area contributed by atoms with Gasteiger partial charge >= 0.3 is 0 Å². The molecule has 228 valence electrons. The van der Waals surface area contributed by atoms with Crippen LogP contribution in [0.3, 0.4) is 0 Å². The summed E-state index contributed by atoms with van der Waals surface area (Å²) in [5, 5.41) is 11.5. The molecule has 2 saturated heterocycles. The summed E-state index contributed by atoms with van der Waals surface area (Å²) in [5.41, 5.74) is 10.9. The van der Waals surface area contributed by atoms with Crippen LogP contribution < -0.4 is 21.1 Å². The van der Waals surface area contributed by atoms with Crippen molar-refractivity contribution in [2.75, 3.05) is 24.1 Å². The lowest BCUT2D eigenvalue weighted by Gasteiger charge is -2.32. The Hall–Kier alpha value is -5.29. The van der Waals surface area contributed by atoms with E-state index in [4.69, 9.17) is 15.6 Å². The summed E-state index contributed by atoms with van der Waals surface area (Å²) in [4.78, 5) is 35.0. The number of carbonyl (C=O) groups is 2. The van der Waals surface area contributed by atoms with Gasteiger partial charge in [-0.25, -0.2) is 14.6 Å². The lowest BCUT2D eigenvalue weighted by Crippen LogP contribution is -2.47. The summed E-state index contributed by atoms with van der Waals surface area (Å²) in [6.07, 6.45) is 4.17. The van der Waals surface area contributed by atoms with E-state index in [1.807, 2.05) is 71.4 Å². The molecule has 0 aliphatic carbocycles. The van der Waals surface area contributed by atoms with Gasteiger partial charge in [0.25, 0.3) is 0 Å². The number of amides is 2. The van der Waals surface area contributed by atoms with Crippen LogP contribution in [0.2, 0.25) is 0 Å². The second kappa shape index (κ2) is 12.4. The van der Waals surface area contributed by atoms with E-state index in [1.54, 1.807) is 0 Å². The van der Waals surface area contributed by atoms with Gasteiger partial charge in [0.1, 0.15) is 35.4 Å². The summed E-state index contributed by atoms with van der Waals surface area (Å²) >= 11 is 0. The first-order valence-corrected chi connectivity index (χ1v) is 15.2.